The normalized spacial score (nSPS) is 10.4. The number of hydrogen-bond donors (Lipinski definition) is 2. The summed E-state index contributed by atoms with van der Waals surface area (Å²) in [6.07, 6.45) is 4.44. The minimum absolute atomic E-state index is 0.204. The predicted molar refractivity (Wildman–Crippen MR) is 67.0 cm³/mol. The maximum absolute atomic E-state index is 10.3. The smallest absolute Gasteiger partial charge is 0.303 e. The zero-order chi connectivity index (χ0) is 12.5. The molecule has 1 rings (SSSR count). The van der Waals surface area contributed by atoms with Crippen LogP contribution < -0.4 is 5.32 Å². The molecular weight excluding hydrogens is 238 g/mol. The van der Waals surface area contributed by atoms with E-state index in [0.29, 0.717) is 19.5 Å². The van der Waals surface area contributed by atoms with Crippen molar-refractivity contribution in [2.45, 2.75) is 31.5 Å². The molecule has 0 amide bonds. The quantitative estimate of drug-likeness (QED) is 0.417. The average Bonchev–Trinajstić information content (AvgIpc) is 2.31. The largest absolute Gasteiger partial charge is 0.481 e. The molecule has 0 unspecified atom stereocenters. The molecule has 0 fully saturated rings. The molecule has 0 aliphatic carbocycles. The van der Waals surface area contributed by atoms with Crippen molar-refractivity contribution in [1.82, 2.24) is 15.3 Å². The molecule has 6 heteroatoms. The molecule has 5 nitrogen and oxygen atoms in total. The van der Waals surface area contributed by atoms with Gasteiger partial charge >= 0.3 is 5.97 Å². The van der Waals surface area contributed by atoms with Crippen molar-refractivity contribution in [3.63, 3.8) is 0 Å². The number of thioether (sulfide) groups is 1. The molecule has 0 saturated heterocycles. The first-order chi connectivity index (χ1) is 8.22. The molecule has 0 aliphatic rings. The van der Waals surface area contributed by atoms with Crippen LogP contribution in [-0.2, 0) is 11.3 Å². The summed E-state index contributed by atoms with van der Waals surface area (Å²) in [6, 6.07) is 0. The number of hydrogen-bond acceptors (Lipinski definition) is 5. The van der Waals surface area contributed by atoms with Gasteiger partial charge in [0.25, 0.3) is 0 Å². The molecule has 0 saturated carbocycles. The van der Waals surface area contributed by atoms with E-state index in [1.807, 2.05) is 0 Å². The van der Waals surface area contributed by atoms with Gasteiger partial charge < -0.3 is 10.4 Å². The number of carboxylic acid groups (broad SMARTS) is 1. The predicted octanol–water partition coefficient (Wildman–Crippen LogP) is 1.54. The summed E-state index contributed by atoms with van der Waals surface area (Å²) in [5.41, 5.74) is 1.01. The number of rotatable bonds is 8. The van der Waals surface area contributed by atoms with Crippen molar-refractivity contribution < 1.29 is 9.90 Å². The van der Waals surface area contributed by atoms with Gasteiger partial charge in [0, 0.05) is 30.9 Å². The summed E-state index contributed by atoms with van der Waals surface area (Å²) in [6.45, 7) is 3.43. The topological polar surface area (TPSA) is 75.1 Å². The van der Waals surface area contributed by atoms with Crippen LogP contribution in [0.25, 0.3) is 0 Å². The summed E-state index contributed by atoms with van der Waals surface area (Å²) < 4.78 is 0. The van der Waals surface area contributed by atoms with E-state index in [-0.39, 0.29) is 6.42 Å². The first-order valence-corrected chi connectivity index (χ1v) is 6.57. The highest BCUT2D eigenvalue weighted by Gasteiger charge is 1.98. The molecule has 0 radical (unpaired) electrons. The van der Waals surface area contributed by atoms with Gasteiger partial charge in [0.15, 0.2) is 5.16 Å². The van der Waals surface area contributed by atoms with Crippen LogP contribution in [0.1, 0.15) is 25.3 Å². The standard InChI is InChI=1S/C11H17N3O2S/c1-2-17-11-13-7-9(8-14-11)6-12-5-3-4-10(15)16/h7-8,12H,2-6H2,1H3,(H,15,16). The molecule has 17 heavy (non-hydrogen) atoms. The zero-order valence-corrected chi connectivity index (χ0v) is 10.7. The highest BCUT2D eigenvalue weighted by molar-refractivity contribution is 7.99. The van der Waals surface area contributed by atoms with E-state index >= 15 is 0 Å². The van der Waals surface area contributed by atoms with Gasteiger partial charge in [0.2, 0.25) is 0 Å². The Morgan fingerprint density at radius 2 is 2.18 bits per heavy atom. The summed E-state index contributed by atoms with van der Waals surface area (Å²) >= 11 is 1.61. The summed E-state index contributed by atoms with van der Waals surface area (Å²) in [4.78, 5) is 18.7. The SMILES string of the molecule is CCSc1ncc(CNCCCC(=O)O)cn1. The Hall–Kier alpha value is -1.14. The fourth-order valence-electron chi connectivity index (χ4n) is 1.24. The fraction of sp³-hybridized carbons (Fsp3) is 0.545. The lowest BCUT2D eigenvalue weighted by molar-refractivity contribution is -0.137. The van der Waals surface area contributed by atoms with Crippen molar-refractivity contribution in [3.05, 3.63) is 18.0 Å². The first-order valence-electron chi connectivity index (χ1n) is 5.58. The molecule has 0 atom stereocenters. The van der Waals surface area contributed by atoms with E-state index < -0.39 is 5.97 Å². The molecule has 1 aromatic rings. The van der Waals surface area contributed by atoms with Gasteiger partial charge in [-0.2, -0.15) is 0 Å². The van der Waals surface area contributed by atoms with Crippen LogP contribution in [0.4, 0.5) is 0 Å². The maximum atomic E-state index is 10.3. The van der Waals surface area contributed by atoms with Crippen LogP contribution in [0.3, 0.4) is 0 Å². The minimum Gasteiger partial charge on any atom is -0.481 e. The number of nitrogens with one attached hydrogen (secondary N) is 1. The van der Waals surface area contributed by atoms with Crippen molar-refractivity contribution in [1.29, 1.82) is 0 Å². The number of nitrogens with zero attached hydrogens (tertiary/aromatic N) is 2. The van der Waals surface area contributed by atoms with Crippen molar-refractivity contribution in [2.75, 3.05) is 12.3 Å². The third kappa shape index (κ3) is 6.23. The number of carboxylic acids is 1. The third-order valence-electron chi connectivity index (χ3n) is 2.03. The van der Waals surface area contributed by atoms with E-state index in [1.54, 1.807) is 24.2 Å². The van der Waals surface area contributed by atoms with Crippen LogP contribution in [-0.4, -0.2) is 33.3 Å². The van der Waals surface area contributed by atoms with Crippen LogP contribution in [0.15, 0.2) is 17.6 Å². The van der Waals surface area contributed by atoms with E-state index in [0.717, 1.165) is 16.5 Å². The van der Waals surface area contributed by atoms with Gasteiger partial charge in [-0.1, -0.05) is 18.7 Å². The van der Waals surface area contributed by atoms with Crippen LogP contribution in [0, 0.1) is 0 Å². The highest BCUT2D eigenvalue weighted by Crippen LogP contribution is 2.10. The van der Waals surface area contributed by atoms with Gasteiger partial charge in [-0.05, 0) is 18.7 Å². The molecule has 0 aliphatic heterocycles. The molecule has 1 aromatic heterocycles. The second kappa shape index (κ2) is 8.03. The van der Waals surface area contributed by atoms with Gasteiger partial charge in [-0.3, -0.25) is 4.79 Å². The molecule has 1 heterocycles. The van der Waals surface area contributed by atoms with Crippen molar-refractivity contribution >= 4 is 17.7 Å². The molecular formula is C11H17N3O2S. The molecule has 94 valence electrons. The number of aliphatic carboxylic acids is 1. The third-order valence-corrected chi connectivity index (χ3v) is 2.79. The number of carbonyl (C=O) groups is 1. The second-order valence-corrected chi connectivity index (χ2v) is 4.71. The Bertz CT molecular complexity index is 343. The van der Waals surface area contributed by atoms with Gasteiger partial charge in [-0.25, -0.2) is 9.97 Å². The first kappa shape index (κ1) is 13.9. The lowest BCUT2D eigenvalue weighted by Gasteiger charge is -2.03. The summed E-state index contributed by atoms with van der Waals surface area (Å²) in [5.74, 6) is 0.211. The summed E-state index contributed by atoms with van der Waals surface area (Å²) in [7, 11) is 0. The fourth-order valence-corrected chi connectivity index (χ4v) is 1.75. The second-order valence-electron chi connectivity index (χ2n) is 3.48. The Balaban J connectivity index is 2.20. The van der Waals surface area contributed by atoms with E-state index in [4.69, 9.17) is 5.11 Å². The van der Waals surface area contributed by atoms with Crippen LogP contribution in [0.5, 0.6) is 0 Å². The monoisotopic (exact) mass is 255 g/mol. The lowest BCUT2D eigenvalue weighted by atomic mass is 10.3. The maximum Gasteiger partial charge on any atom is 0.303 e. The minimum atomic E-state index is -0.754. The van der Waals surface area contributed by atoms with Crippen LogP contribution >= 0.6 is 11.8 Å². The van der Waals surface area contributed by atoms with Crippen molar-refractivity contribution in [2.24, 2.45) is 0 Å². The molecule has 0 spiro atoms. The van der Waals surface area contributed by atoms with E-state index in [2.05, 4.69) is 22.2 Å². The Morgan fingerprint density at radius 1 is 1.47 bits per heavy atom. The van der Waals surface area contributed by atoms with Gasteiger partial charge in [0.1, 0.15) is 0 Å². The van der Waals surface area contributed by atoms with E-state index in [1.165, 1.54) is 0 Å². The summed E-state index contributed by atoms with van der Waals surface area (Å²) in [5, 5.41) is 12.4. The molecule has 2 N–H and O–H groups in total. The van der Waals surface area contributed by atoms with Crippen molar-refractivity contribution in [3.8, 4) is 0 Å². The van der Waals surface area contributed by atoms with Gasteiger partial charge in [0.05, 0.1) is 0 Å². The van der Waals surface area contributed by atoms with Crippen LogP contribution in [0.2, 0.25) is 0 Å². The zero-order valence-electron chi connectivity index (χ0n) is 9.85. The Morgan fingerprint density at radius 3 is 2.76 bits per heavy atom. The Labute approximate surface area is 105 Å². The van der Waals surface area contributed by atoms with E-state index in [9.17, 15) is 4.79 Å². The lowest BCUT2D eigenvalue weighted by Crippen LogP contribution is -2.16. The average molecular weight is 255 g/mol. The molecule has 0 aromatic carbocycles. The molecule has 0 bridgehead atoms. The van der Waals surface area contributed by atoms with Gasteiger partial charge in [-0.15, -0.1) is 0 Å². The Kier molecular flexibility index (Phi) is 6.57. The highest BCUT2D eigenvalue weighted by atomic mass is 32.2. The number of aromatic nitrogens is 2.